The second kappa shape index (κ2) is 20.5. The molecule has 0 heterocycles. The Morgan fingerprint density at radius 2 is 0.941 bits per heavy atom. The van der Waals surface area contributed by atoms with Gasteiger partial charge < -0.3 is 9.47 Å². The van der Waals surface area contributed by atoms with E-state index in [2.05, 4.69) is 52.9 Å². The number of hydrogen-bond acceptors (Lipinski definition) is 8. The molecule has 264 valence electrons. The number of carbonyl (C=O) groups excluding carboxylic acids is 4. The van der Waals surface area contributed by atoms with Crippen LogP contribution in [0.5, 0.6) is 11.5 Å². The van der Waals surface area contributed by atoms with Crippen LogP contribution in [0.25, 0.3) is 0 Å². The lowest BCUT2D eigenvalue weighted by molar-refractivity contribution is -0.121. The summed E-state index contributed by atoms with van der Waals surface area (Å²) in [6, 6.07) is 22.8. The summed E-state index contributed by atoms with van der Waals surface area (Å²) >= 11 is 18.6. The third-order valence-corrected chi connectivity index (χ3v) is 8.59. The van der Waals surface area contributed by atoms with E-state index in [4.69, 9.17) is 32.7 Å². The number of benzene rings is 4. The summed E-state index contributed by atoms with van der Waals surface area (Å²) < 4.78 is 12.5. The zero-order valence-corrected chi connectivity index (χ0v) is 31.7. The number of esters is 2. The van der Waals surface area contributed by atoms with Crippen LogP contribution in [-0.4, -0.2) is 36.2 Å². The van der Waals surface area contributed by atoms with Gasteiger partial charge in [-0.25, -0.2) is 20.4 Å². The van der Waals surface area contributed by atoms with Gasteiger partial charge in [-0.05, 0) is 97.8 Å². The first-order valence-corrected chi connectivity index (χ1v) is 18.1. The lowest BCUT2D eigenvalue weighted by Crippen LogP contribution is -2.17. The van der Waals surface area contributed by atoms with Gasteiger partial charge in [0.05, 0.1) is 23.6 Å². The monoisotopic (exact) mass is 856 g/mol. The Bertz CT molecular complexity index is 1770. The summed E-state index contributed by atoms with van der Waals surface area (Å²) in [5.74, 6) is -1.03. The van der Waals surface area contributed by atoms with Crippen molar-refractivity contribution in [2.75, 3.05) is 0 Å². The Morgan fingerprint density at radius 1 is 0.569 bits per heavy atom. The first-order chi connectivity index (χ1) is 24.6. The summed E-state index contributed by atoms with van der Waals surface area (Å²) in [4.78, 5) is 49.7. The lowest BCUT2D eigenvalue weighted by Gasteiger charge is -2.08. The zero-order chi connectivity index (χ0) is 36.6. The highest BCUT2D eigenvalue weighted by molar-refractivity contribution is 9.10. The van der Waals surface area contributed by atoms with Gasteiger partial charge in [-0.15, -0.1) is 0 Å². The maximum Gasteiger partial charge on any atom is 0.343 e. The van der Waals surface area contributed by atoms with Crippen molar-refractivity contribution in [1.82, 2.24) is 10.9 Å². The minimum absolute atomic E-state index is 0.244. The fourth-order valence-electron chi connectivity index (χ4n) is 4.48. The van der Waals surface area contributed by atoms with Gasteiger partial charge in [0.1, 0.15) is 11.5 Å². The maximum absolute atomic E-state index is 12.5. The SMILES string of the molecule is O=C(CCCCCCCC(=O)N/N=C\c1cc(Br)ccc1OC(=O)c1ccc(Cl)cc1)N/N=C\c1cc(Br)ccc1OC(=O)c1ccc(Cl)cc1. The molecule has 10 nitrogen and oxygen atoms in total. The molecule has 0 aliphatic rings. The van der Waals surface area contributed by atoms with Crippen LogP contribution in [-0.2, 0) is 9.59 Å². The van der Waals surface area contributed by atoms with Crippen LogP contribution in [0.3, 0.4) is 0 Å². The Labute approximate surface area is 321 Å². The second-order valence-electron chi connectivity index (χ2n) is 11.0. The van der Waals surface area contributed by atoms with Crippen molar-refractivity contribution in [2.24, 2.45) is 10.2 Å². The van der Waals surface area contributed by atoms with Crippen molar-refractivity contribution in [3.8, 4) is 11.5 Å². The van der Waals surface area contributed by atoms with E-state index in [0.717, 1.165) is 28.2 Å². The molecular weight excluding hydrogens is 827 g/mol. The van der Waals surface area contributed by atoms with Crippen molar-refractivity contribution in [2.45, 2.75) is 44.9 Å². The number of hydrazone groups is 2. The van der Waals surface area contributed by atoms with Crippen LogP contribution in [0.2, 0.25) is 10.0 Å². The van der Waals surface area contributed by atoms with E-state index in [1.807, 2.05) is 0 Å². The first kappa shape index (κ1) is 39.4. The van der Waals surface area contributed by atoms with Gasteiger partial charge >= 0.3 is 11.9 Å². The van der Waals surface area contributed by atoms with E-state index < -0.39 is 11.9 Å². The summed E-state index contributed by atoms with van der Waals surface area (Å²) in [6.07, 6.45) is 7.21. The standard InChI is InChI=1S/C37H32Br2Cl2N4O6/c38-28-12-18-32(50-36(48)24-8-14-30(40)15-9-24)26(20-28)22-42-44-34(46)6-4-2-1-3-5-7-35(47)45-43-23-27-21-29(39)13-19-33(27)51-37(49)25-10-16-31(41)17-11-25/h8-23H,1-7H2,(H,44,46)(H,45,47)/b42-22-,43-23-. The highest BCUT2D eigenvalue weighted by atomic mass is 79.9. The molecule has 0 aromatic heterocycles. The Hall–Kier alpha value is -4.36. The number of hydrogen-bond donors (Lipinski definition) is 2. The molecular formula is C37H32Br2Cl2N4O6. The van der Waals surface area contributed by atoms with Crippen LogP contribution in [0, 0.1) is 0 Å². The fourth-order valence-corrected chi connectivity index (χ4v) is 5.49. The molecule has 2 amide bonds. The minimum Gasteiger partial charge on any atom is -0.422 e. The largest absolute Gasteiger partial charge is 0.422 e. The first-order valence-electron chi connectivity index (χ1n) is 15.8. The Balaban J connectivity index is 1.11. The molecule has 0 saturated carbocycles. The van der Waals surface area contributed by atoms with Crippen molar-refractivity contribution < 1.29 is 28.7 Å². The third-order valence-electron chi connectivity index (χ3n) is 7.10. The van der Waals surface area contributed by atoms with E-state index in [0.29, 0.717) is 45.1 Å². The van der Waals surface area contributed by atoms with Gasteiger partial charge in [-0.3, -0.25) is 9.59 Å². The molecule has 0 spiro atoms. The second-order valence-corrected chi connectivity index (χ2v) is 13.7. The van der Waals surface area contributed by atoms with E-state index in [1.165, 1.54) is 12.4 Å². The van der Waals surface area contributed by atoms with Crippen LogP contribution in [0.15, 0.2) is 104 Å². The van der Waals surface area contributed by atoms with E-state index in [-0.39, 0.29) is 36.2 Å². The fraction of sp³-hybridized carbons (Fsp3) is 0.189. The molecule has 14 heteroatoms. The summed E-state index contributed by atoms with van der Waals surface area (Å²) in [7, 11) is 0. The molecule has 0 bridgehead atoms. The molecule has 0 radical (unpaired) electrons. The van der Waals surface area contributed by atoms with Gasteiger partial charge in [0.25, 0.3) is 0 Å². The average Bonchev–Trinajstić information content (AvgIpc) is 3.10. The Kier molecular flexibility index (Phi) is 15.8. The molecule has 4 aromatic carbocycles. The van der Waals surface area contributed by atoms with Gasteiger partial charge in [-0.1, -0.05) is 74.3 Å². The molecule has 51 heavy (non-hydrogen) atoms. The smallest absolute Gasteiger partial charge is 0.343 e. The van der Waals surface area contributed by atoms with Crippen molar-refractivity contribution in [3.05, 3.63) is 126 Å². The minimum atomic E-state index is -0.551. The molecule has 2 N–H and O–H groups in total. The number of nitrogens with one attached hydrogen (secondary N) is 2. The van der Waals surface area contributed by atoms with E-state index in [1.54, 1.807) is 84.9 Å². The average molecular weight is 859 g/mol. The normalized spacial score (nSPS) is 11.1. The van der Waals surface area contributed by atoms with Crippen LogP contribution >= 0.6 is 55.1 Å². The number of nitrogens with zero attached hydrogens (tertiary/aromatic N) is 2. The zero-order valence-electron chi connectivity index (χ0n) is 27.0. The number of ether oxygens (including phenoxy) is 2. The van der Waals surface area contributed by atoms with E-state index in [9.17, 15) is 19.2 Å². The van der Waals surface area contributed by atoms with Crippen molar-refractivity contribution in [3.63, 3.8) is 0 Å². The van der Waals surface area contributed by atoms with Crippen molar-refractivity contribution >= 4 is 91.2 Å². The number of rotatable bonds is 16. The Morgan fingerprint density at radius 3 is 1.33 bits per heavy atom. The molecule has 4 rings (SSSR count). The predicted octanol–water partition coefficient (Wildman–Crippen LogP) is 9.29. The molecule has 0 aliphatic heterocycles. The summed E-state index contributed by atoms with van der Waals surface area (Å²) in [5, 5.41) is 9.07. The van der Waals surface area contributed by atoms with Crippen LogP contribution in [0.1, 0.15) is 76.8 Å². The number of unbranched alkanes of at least 4 members (excludes halogenated alkanes) is 4. The third kappa shape index (κ3) is 13.7. The lowest BCUT2D eigenvalue weighted by atomic mass is 10.1. The highest BCUT2D eigenvalue weighted by Crippen LogP contribution is 2.25. The molecule has 0 saturated heterocycles. The number of halogens is 4. The van der Waals surface area contributed by atoms with Crippen LogP contribution in [0.4, 0.5) is 0 Å². The van der Waals surface area contributed by atoms with Gasteiger partial charge in [-0.2, -0.15) is 10.2 Å². The molecule has 0 unspecified atom stereocenters. The quantitative estimate of drug-likeness (QED) is 0.0379. The van der Waals surface area contributed by atoms with Crippen LogP contribution < -0.4 is 20.3 Å². The van der Waals surface area contributed by atoms with Gasteiger partial charge in [0, 0.05) is 43.0 Å². The summed E-state index contributed by atoms with van der Waals surface area (Å²) in [6.45, 7) is 0. The topological polar surface area (TPSA) is 136 Å². The predicted molar refractivity (Wildman–Crippen MR) is 205 cm³/mol. The van der Waals surface area contributed by atoms with E-state index >= 15 is 0 Å². The maximum atomic E-state index is 12.5. The number of carbonyl (C=O) groups is 4. The molecule has 0 atom stereocenters. The van der Waals surface area contributed by atoms with Crippen molar-refractivity contribution in [1.29, 1.82) is 0 Å². The summed E-state index contributed by atoms with van der Waals surface area (Å²) in [5.41, 5.74) is 6.69. The molecule has 0 aliphatic carbocycles. The van der Waals surface area contributed by atoms with Gasteiger partial charge in [0.15, 0.2) is 0 Å². The van der Waals surface area contributed by atoms with Gasteiger partial charge in [0.2, 0.25) is 11.8 Å². The highest BCUT2D eigenvalue weighted by Gasteiger charge is 2.13. The number of amides is 2. The molecule has 4 aromatic rings. The molecule has 0 fully saturated rings.